The average molecular weight is 721 g/mol. The fraction of sp³-hybridized carbons (Fsp3) is 0.510. The van der Waals surface area contributed by atoms with Gasteiger partial charge in [0.1, 0.15) is 0 Å². The van der Waals surface area contributed by atoms with Crippen molar-refractivity contribution in [1.82, 2.24) is 0 Å². The third-order valence-corrected chi connectivity index (χ3v) is 16.1. The summed E-state index contributed by atoms with van der Waals surface area (Å²) in [4.78, 5) is 0. The first-order chi connectivity index (χ1) is 24.3. The van der Waals surface area contributed by atoms with E-state index in [0.717, 1.165) is 0 Å². The van der Waals surface area contributed by atoms with Crippen LogP contribution in [0.25, 0.3) is 0 Å². The second-order valence-corrected chi connectivity index (χ2v) is 21.5. The minimum absolute atomic E-state index is 0.318. The predicted octanol–water partition coefficient (Wildman–Crippen LogP) is 14.9. The lowest BCUT2D eigenvalue weighted by molar-refractivity contribution is 0.777. The highest BCUT2D eigenvalue weighted by Gasteiger charge is 2.26. The van der Waals surface area contributed by atoms with Gasteiger partial charge in [-0.2, -0.15) is 0 Å². The monoisotopic (exact) mass is 720 g/mol. The van der Waals surface area contributed by atoms with Crippen LogP contribution in [0.3, 0.4) is 0 Å². The first kappa shape index (κ1) is 41.5. The number of benzene rings is 4. The van der Waals surface area contributed by atoms with Crippen LogP contribution in [0, 0.1) is 0 Å². The zero-order chi connectivity index (χ0) is 37.2. The summed E-state index contributed by atoms with van der Waals surface area (Å²) in [6.07, 6.45) is 8.96. The molecule has 2 unspecified atom stereocenters. The molecule has 4 aromatic carbocycles. The van der Waals surface area contributed by atoms with E-state index in [1.165, 1.54) is 66.2 Å². The van der Waals surface area contributed by atoms with E-state index in [2.05, 4.69) is 168 Å². The Morgan fingerprint density at radius 2 is 0.667 bits per heavy atom. The van der Waals surface area contributed by atoms with Crippen LogP contribution in [0.4, 0.5) is 0 Å². The van der Waals surface area contributed by atoms with Crippen molar-refractivity contribution in [3.63, 3.8) is 0 Å². The average Bonchev–Trinajstić information content (AvgIpc) is 3.09. The summed E-state index contributed by atoms with van der Waals surface area (Å²) in [6.45, 7) is 28.8. The lowest BCUT2D eigenvalue weighted by Crippen LogP contribution is -2.21. The molecule has 0 aliphatic rings. The summed E-state index contributed by atoms with van der Waals surface area (Å²) >= 11 is 0. The molecule has 2 heteroatoms. The first-order valence-electron chi connectivity index (χ1n) is 20.2. The van der Waals surface area contributed by atoms with Gasteiger partial charge in [0.15, 0.2) is 0 Å². The second-order valence-electron chi connectivity index (χ2n) is 16.9. The van der Waals surface area contributed by atoms with Crippen molar-refractivity contribution in [2.24, 2.45) is 0 Å². The number of unbranched alkanes of at least 4 members (excludes halogenated alkanes) is 2. The third kappa shape index (κ3) is 11.4. The molecule has 0 saturated heterocycles. The topological polar surface area (TPSA) is 0 Å². The maximum absolute atomic E-state index is 2.58. The van der Waals surface area contributed by atoms with Gasteiger partial charge in [0, 0.05) is 0 Å². The molecule has 51 heavy (non-hydrogen) atoms. The van der Waals surface area contributed by atoms with Gasteiger partial charge in [-0.05, 0) is 128 Å². The van der Waals surface area contributed by atoms with Crippen LogP contribution in [-0.4, -0.2) is 12.3 Å². The first-order valence-corrected chi connectivity index (χ1v) is 23.6. The Balaban J connectivity index is 1.64. The van der Waals surface area contributed by atoms with Crippen LogP contribution in [0.5, 0.6) is 0 Å². The Bertz CT molecular complexity index is 1450. The van der Waals surface area contributed by atoms with E-state index in [1.54, 1.807) is 32.9 Å². The molecule has 0 fully saturated rings. The zero-order valence-electron chi connectivity index (χ0n) is 34.4. The summed E-state index contributed by atoms with van der Waals surface area (Å²) in [5, 5.41) is 3.45. The predicted molar refractivity (Wildman–Crippen MR) is 234 cm³/mol. The van der Waals surface area contributed by atoms with Gasteiger partial charge in [0.25, 0.3) is 0 Å². The molecule has 4 rings (SSSR count). The minimum Gasteiger partial charge on any atom is -0.0702 e. The smallest absolute Gasteiger partial charge is 0.00326 e. The summed E-state index contributed by atoms with van der Waals surface area (Å²) < 4.78 is 0. The normalized spacial score (nSPS) is 13.4. The lowest BCUT2D eigenvalue weighted by atomic mass is 9.89. The quantitative estimate of drug-likeness (QED) is 0.0709. The van der Waals surface area contributed by atoms with E-state index >= 15 is 0 Å². The van der Waals surface area contributed by atoms with E-state index in [-0.39, 0.29) is 15.8 Å². The molecule has 0 nitrogen and oxygen atoms in total. The molecule has 0 N–H and O–H groups in total. The Kier molecular flexibility index (Phi) is 16.0. The largest absolute Gasteiger partial charge is 0.0702 e. The van der Waals surface area contributed by atoms with Crippen molar-refractivity contribution in [2.75, 3.05) is 12.3 Å². The van der Waals surface area contributed by atoms with Crippen LogP contribution < -0.4 is 10.6 Å². The van der Waals surface area contributed by atoms with Gasteiger partial charge in [0.05, 0.1) is 0 Å². The third-order valence-electron chi connectivity index (χ3n) is 10.6. The van der Waals surface area contributed by atoms with Crippen molar-refractivity contribution < 1.29 is 0 Å². The van der Waals surface area contributed by atoms with Gasteiger partial charge >= 0.3 is 0 Å². The highest BCUT2D eigenvalue weighted by Crippen LogP contribution is 2.47. The van der Waals surface area contributed by atoms with E-state index in [9.17, 15) is 0 Å². The summed E-state index contributed by atoms with van der Waals surface area (Å²) in [5.41, 5.74) is 12.5. The molecule has 0 bridgehead atoms. The van der Waals surface area contributed by atoms with Gasteiger partial charge in [-0.1, -0.05) is 190 Å². The number of hydrogen-bond donors (Lipinski definition) is 0. The van der Waals surface area contributed by atoms with Crippen LogP contribution >= 0.6 is 15.8 Å². The molecule has 0 radical (unpaired) electrons. The molecule has 0 spiro atoms. The highest BCUT2D eigenvalue weighted by molar-refractivity contribution is 7.65. The molecular weight excluding hydrogens is 650 g/mol. The molecule has 4 aromatic rings. The molecule has 0 aliphatic heterocycles. The van der Waals surface area contributed by atoms with Gasteiger partial charge < -0.3 is 0 Å². The summed E-state index contributed by atoms with van der Waals surface area (Å²) in [5.74, 6) is 3.23. The number of rotatable bonds is 18. The van der Waals surface area contributed by atoms with Crippen molar-refractivity contribution in [2.45, 2.75) is 150 Å². The number of hydrogen-bond acceptors (Lipinski definition) is 0. The van der Waals surface area contributed by atoms with E-state index in [1.807, 2.05) is 0 Å². The van der Waals surface area contributed by atoms with Crippen molar-refractivity contribution in [3.05, 3.63) is 129 Å². The summed E-state index contributed by atoms with van der Waals surface area (Å²) in [7, 11) is -0.636. The van der Waals surface area contributed by atoms with E-state index in [4.69, 9.17) is 0 Å². The Morgan fingerprint density at radius 1 is 0.373 bits per heavy atom. The van der Waals surface area contributed by atoms with Gasteiger partial charge in [-0.3, -0.25) is 0 Å². The highest BCUT2D eigenvalue weighted by atomic mass is 31.1. The van der Waals surface area contributed by atoms with Crippen LogP contribution in [0.1, 0.15) is 182 Å². The maximum Gasteiger partial charge on any atom is -0.00326 e. The van der Waals surface area contributed by atoms with Gasteiger partial charge in [-0.25, -0.2) is 0 Å². The summed E-state index contributed by atoms with van der Waals surface area (Å²) in [6, 6.07) is 33.0. The molecule has 2 atom stereocenters. The van der Waals surface area contributed by atoms with Crippen molar-refractivity contribution in [1.29, 1.82) is 0 Å². The van der Waals surface area contributed by atoms with E-state index in [0.29, 0.717) is 35.5 Å². The van der Waals surface area contributed by atoms with Crippen molar-refractivity contribution in [3.8, 4) is 0 Å². The fourth-order valence-corrected chi connectivity index (χ4v) is 13.8. The minimum atomic E-state index is -0.318. The zero-order valence-corrected chi connectivity index (χ0v) is 36.2. The Hall–Kier alpha value is -2.26. The van der Waals surface area contributed by atoms with Crippen LogP contribution in [-0.2, 0) is 12.3 Å². The maximum atomic E-state index is 2.58. The van der Waals surface area contributed by atoms with Crippen LogP contribution in [0.2, 0.25) is 0 Å². The van der Waals surface area contributed by atoms with E-state index < -0.39 is 0 Å². The molecule has 0 saturated carbocycles. The fourth-order valence-electron chi connectivity index (χ4n) is 7.50. The molecular formula is C49H70P2. The lowest BCUT2D eigenvalue weighted by Gasteiger charge is -2.30. The molecule has 0 aromatic heterocycles. The Morgan fingerprint density at radius 3 is 0.922 bits per heavy atom. The van der Waals surface area contributed by atoms with Gasteiger partial charge in [-0.15, -0.1) is 0 Å². The SMILES string of the molecule is CC(C)c1cc(C(C)C)c(P(CCCCCP(Cc2ccccc2)c2c(C(C)C)cc(C(C)C)cc2C(C)C)Cc2ccccc2)c(C(C)C)c1. The molecule has 0 amide bonds. The second kappa shape index (κ2) is 19.7. The van der Waals surface area contributed by atoms with Gasteiger partial charge in [0.2, 0.25) is 0 Å². The Labute approximate surface area is 317 Å². The molecule has 0 heterocycles. The van der Waals surface area contributed by atoms with Crippen molar-refractivity contribution >= 4 is 26.5 Å². The standard InChI is InChI=1S/C49H70P2/c1-34(2)42-28-44(36(5)6)48(45(29-42)37(7)8)50(32-40-22-16-13-17-23-40)26-20-15-21-27-51(33-41-24-18-14-19-25-41)49-46(38(9)10)30-43(35(3)4)31-47(49)39(11)12/h13-14,16-19,22-25,28-31,34-39H,15,20-21,26-27,32-33H2,1-12H3. The molecule has 276 valence electrons. The molecule has 0 aliphatic carbocycles. The van der Waals surface area contributed by atoms with Crippen LogP contribution in [0.15, 0.2) is 84.9 Å².